The fraction of sp³-hybridized carbons (Fsp3) is 0.433. The Labute approximate surface area is 245 Å². The summed E-state index contributed by atoms with van der Waals surface area (Å²) in [7, 11) is 1.56. The molecule has 1 fully saturated rings. The lowest BCUT2D eigenvalue weighted by Gasteiger charge is -2.30. The van der Waals surface area contributed by atoms with Crippen molar-refractivity contribution in [1.82, 2.24) is 14.1 Å². The number of rotatable bonds is 10. The topological polar surface area (TPSA) is 149 Å². The number of hydrogen-bond acceptors (Lipinski definition) is 9. The van der Waals surface area contributed by atoms with Crippen molar-refractivity contribution in [3.05, 3.63) is 68.7 Å². The number of ketones is 1. The fourth-order valence-electron chi connectivity index (χ4n) is 5.52. The summed E-state index contributed by atoms with van der Waals surface area (Å²) in [5.41, 5.74) is 4.21. The van der Waals surface area contributed by atoms with E-state index in [9.17, 15) is 19.2 Å². The molecule has 0 aliphatic heterocycles. The third-order valence-corrected chi connectivity index (χ3v) is 9.54. The molecule has 0 spiro atoms. The van der Waals surface area contributed by atoms with E-state index in [1.165, 1.54) is 35.3 Å². The monoisotopic (exact) mass is 594 g/mol. The van der Waals surface area contributed by atoms with E-state index >= 15 is 0 Å². The van der Waals surface area contributed by atoms with Crippen LogP contribution in [0.15, 0.2) is 50.7 Å². The lowest BCUT2D eigenvalue weighted by molar-refractivity contribution is -0.126. The smallest absolute Gasteiger partial charge is 0.333 e. The zero-order chi connectivity index (χ0) is 30.2. The lowest BCUT2D eigenvalue weighted by Crippen LogP contribution is -2.56. The highest BCUT2D eigenvalue weighted by Gasteiger charge is 2.37. The second-order valence-corrected chi connectivity index (χ2v) is 11.7. The molecule has 0 radical (unpaired) electrons. The number of nitrogens with two attached hydrogens (primary N) is 1. The Morgan fingerprint density at radius 1 is 1.24 bits per heavy atom. The summed E-state index contributed by atoms with van der Waals surface area (Å²) in [5.74, 6) is 0.300. The highest BCUT2D eigenvalue weighted by Crippen LogP contribution is 2.38. The van der Waals surface area contributed by atoms with Gasteiger partial charge in [0, 0.05) is 18.4 Å². The second-order valence-electron chi connectivity index (χ2n) is 10.7. The van der Waals surface area contributed by atoms with Crippen LogP contribution in [0.1, 0.15) is 63.2 Å². The number of amides is 1. The van der Waals surface area contributed by atoms with Crippen molar-refractivity contribution in [1.29, 1.82) is 0 Å². The lowest BCUT2D eigenvalue weighted by atomic mass is 9.96. The Morgan fingerprint density at radius 2 is 1.95 bits per heavy atom. The van der Waals surface area contributed by atoms with E-state index in [1.54, 1.807) is 21.0 Å². The van der Waals surface area contributed by atoms with Crippen molar-refractivity contribution in [2.24, 2.45) is 5.73 Å². The molecule has 1 aliphatic carbocycles. The van der Waals surface area contributed by atoms with Gasteiger partial charge in [0.2, 0.25) is 11.8 Å². The molecule has 1 aliphatic rings. The van der Waals surface area contributed by atoms with Crippen molar-refractivity contribution in [2.45, 2.75) is 77.2 Å². The van der Waals surface area contributed by atoms with E-state index in [4.69, 9.17) is 19.6 Å². The molecule has 1 aromatic carbocycles. The van der Waals surface area contributed by atoms with Gasteiger partial charge < -0.3 is 19.6 Å². The minimum atomic E-state index is -1.58. The molecule has 5 rings (SSSR count). The zero-order valence-corrected chi connectivity index (χ0v) is 24.9. The van der Waals surface area contributed by atoms with Gasteiger partial charge in [-0.2, -0.15) is 0 Å². The maximum atomic E-state index is 14.3. The van der Waals surface area contributed by atoms with Crippen molar-refractivity contribution in [3.63, 3.8) is 0 Å². The average molecular weight is 595 g/mol. The first-order chi connectivity index (χ1) is 20.1. The molecule has 11 nitrogen and oxygen atoms in total. The molecule has 42 heavy (non-hydrogen) atoms. The van der Waals surface area contributed by atoms with Crippen LogP contribution in [0, 0.1) is 6.92 Å². The summed E-state index contributed by atoms with van der Waals surface area (Å²) in [6, 6.07) is 7.38. The van der Waals surface area contributed by atoms with E-state index in [2.05, 4.69) is 4.98 Å². The van der Waals surface area contributed by atoms with Crippen molar-refractivity contribution in [2.75, 3.05) is 7.11 Å². The SMILES string of the molecule is CCC(C)(C(N)=O)n1c(=O)c2c(C)c(-c3ncco3)sc2n(C[C@H](OC2CCC(=O)CC2)c2ccccc2OC)c1=O. The second kappa shape index (κ2) is 11.7. The van der Waals surface area contributed by atoms with Gasteiger partial charge in [-0.15, -0.1) is 11.3 Å². The van der Waals surface area contributed by atoms with Crippen LogP contribution in [-0.2, 0) is 26.4 Å². The number of benzene rings is 1. The normalized spacial score (nSPS) is 16.4. The Balaban J connectivity index is 1.76. The number of primary amides is 1. The summed E-state index contributed by atoms with van der Waals surface area (Å²) in [6.07, 6.45) is 4.16. The van der Waals surface area contributed by atoms with Crippen LogP contribution < -0.4 is 21.7 Å². The molecule has 1 amide bonds. The number of aromatic nitrogens is 3. The molecule has 3 aromatic heterocycles. The maximum Gasteiger partial charge on any atom is 0.333 e. The quantitative estimate of drug-likeness (QED) is 0.289. The number of Topliss-reactive ketones (excluding diaryl/α,β-unsaturated/α-hetero) is 1. The van der Waals surface area contributed by atoms with Gasteiger partial charge in [-0.1, -0.05) is 25.1 Å². The molecule has 12 heteroatoms. The number of oxazole rings is 1. The predicted octanol–water partition coefficient (Wildman–Crippen LogP) is 4.08. The van der Waals surface area contributed by atoms with E-state index < -0.39 is 28.8 Å². The highest BCUT2D eigenvalue weighted by atomic mass is 32.1. The molecule has 0 saturated heterocycles. The van der Waals surface area contributed by atoms with E-state index in [0.717, 1.165) is 4.57 Å². The van der Waals surface area contributed by atoms with Crippen LogP contribution in [-0.4, -0.2) is 39.0 Å². The molecule has 1 unspecified atom stereocenters. The van der Waals surface area contributed by atoms with Crippen LogP contribution in [0.2, 0.25) is 0 Å². The minimum Gasteiger partial charge on any atom is -0.496 e. The number of thiophene rings is 1. The number of methoxy groups -OCH3 is 1. The number of nitrogens with zero attached hydrogens (tertiary/aromatic N) is 3. The van der Waals surface area contributed by atoms with E-state index in [-0.39, 0.29) is 30.2 Å². The first kappa shape index (κ1) is 29.5. The number of carbonyl (C=O) groups is 2. The third kappa shape index (κ3) is 5.09. The van der Waals surface area contributed by atoms with Crippen molar-refractivity contribution < 1.29 is 23.5 Å². The Kier molecular flexibility index (Phi) is 8.20. The molecule has 222 valence electrons. The minimum absolute atomic E-state index is 0.00393. The number of ether oxygens (including phenoxy) is 2. The Hall–Kier alpha value is -4.03. The summed E-state index contributed by atoms with van der Waals surface area (Å²) >= 11 is 1.21. The maximum absolute atomic E-state index is 14.3. The summed E-state index contributed by atoms with van der Waals surface area (Å²) in [6.45, 7) is 4.97. The van der Waals surface area contributed by atoms with Gasteiger partial charge in [0.05, 0.1) is 36.2 Å². The van der Waals surface area contributed by atoms with Gasteiger partial charge in [0.1, 0.15) is 34.3 Å². The van der Waals surface area contributed by atoms with Gasteiger partial charge in [0.25, 0.3) is 5.56 Å². The van der Waals surface area contributed by atoms with Gasteiger partial charge in [-0.3, -0.25) is 19.0 Å². The zero-order valence-electron chi connectivity index (χ0n) is 24.0. The van der Waals surface area contributed by atoms with Gasteiger partial charge in [0.15, 0.2) is 0 Å². The molecular formula is C30H34N4O7S. The highest BCUT2D eigenvalue weighted by molar-refractivity contribution is 7.22. The number of carbonyl (C=O) groups excluding carboxylic acids is 2. The van der Waals surface area contributed by atoms with Crippen molar-refractivity contribution in [3.8, 4) is 16.5 Å². The van der Waals surface area contributed by atoms with Gasteiger partial charge in [-0.25, -0.2) is 14.3 Å². The molecule has 2 atom stereocenters. The van der Waals surface area contributed by atoms with Gasteiger partial charge >= 0.3 is 5.69 Å². The van der Waals surface area contributed by atoms with Crippen LogP contribution in [0.3, 0.4) is 0 Å². The molecule has 4 aromatic rings. The summed E-state index contributed by atoms with van der Waals surface area (Å²) < 4.78 is 20.3. The summed E-state index contributed by atoms with van der Waals surface area (Å²) in [5, 5.41) is 0.274. The van der Waals surface area contributed by atoms with Gasteiger partial charge in [-0.05, 0) is 44.7 Å². The van der Waals surface area contributed by atoms with E-state index in [1.807, 2.05) is 24.3 Å². The largest absolute Gasteiger partial charge is 0.496 e. The average Bonchev–Trinajstić information content (AvgIpc) is 3.63. The van der Waals surface area contributed by atoms with Crippen LogP contribution >= 0.6 is 11.3 Å². The molecule has 0 bridgehead atoms. The molecule has 2 N–H and O–H groups in total. The fourth-order valence-corrected chi connectivity index (χ4v) is 6.76. The van der Waals surface area contributed by atoms with Crippen molar-refractivity contribution >= 4 is 33.2 Å². The van der Waals surface area contributed by atoms with E-state index in [0.29, 0.717) is 58.2 Å². The van der Waals surface area contributed by atoms with Crippen LogP contribution in [0.5, 0.6) is 5.75 Å². The Morgan fingerprint density at radius 3 is 2.57 bits per heavy atom. The predicted molar refractivity (Wildman–Crippen MR) is 158 cm³/mol. The number of aryl methyl sites for hydroxylation is 1. The number of para-hydroxylation sites is 1. The Bertz CT molecular complexity index is 1740. The van der Waals surface area contributed by atoms with Crippen LogP contribution in [0.25, 0.3) is 21.0 Å². The molecule has 3 heterocycles. The summed E-state index contributed by atoms with van der Waals surface area (Å²) in [4.78, 5) is 58.3. The first-order valence-corrected chi connectivity index (χ1v) is 14.7. The standard InChI is InChI=1S/C30H34N4O7S/c1-5-30(3,28(31)37)34-26(36)23-17(2)24(25-32-14-15-40-25)42-27(23)33(29(34)38)16-22(20-8-6-7-9-21(20)39-4)41-19-12-10-18(35)11-13-19/h6-9,14-15,19,22H,5,10-13,16H2,1-4H3,(H2,31,37)/t22-,30?/m0/s1. The number of fused-ring (bicyclic) bond motifs is 1. The van der Waals surface area contributed by atoms with Crippen LogP contribution in [0.4, 0.5) is 0 Å². The molecule has 1 saturated carbocycles. The first-order valence-electron chi connectivity index (χ1n) is 13.9. The third-order valence-electron chi connectivity index (χ3n) is 8.23. The number of hydrogen-bond donors (Lipinski definition) is 1. The molecular weight excluding hydrogens is 560 g/mol.